The van der Waals surface area contributed by atoms with E-state index in [0.29, 0.717) is 25.9 Å². The van der Waals surface area contributed by atoms with E-state index < -0.39 is 33.0 Å². The Bertz CT molecular complexity index is 1330. The van der Waals surface area contributed by atoms with Crippen molar-refractivity contribution in [3.05, 3.63) is 104 Å². The third-order valence-electron chi connectivity index (χ3n) is 5.75. The number of nitrogens with one attached hydrogen (secondary N) is 3. The van der Waals surface area contributed by atoms with Crippen LogP contribution in [0.1, 0.15) is 33.7 Å². The molecule has 4 rings (SSSR count). The molecule has 198 valence electrons. The third-order valence-corrected chi connectivity index (χ3v) is 8.87. The van der Waals surface area contributed by atoms with Crippen molar-refractivity contribution in [3.8, 4) is 0 Å². The minimum absolute atomic E-state index is 0.109. The zero-order chi connectivity index (χ0) is 26.9. The Kier molecular flexibility index (Phi) is 9.97. The number of carbonyl (C=O) groups excluding carboxylic acids is 3. The topological polar surface area (TPSA) is 107 Å². The standard InChI is InChI=1S/C27H25Cl2IN5O3/c28-20-11-8-12-21(29)23(20)25(36)33-22-17-31-34-24(22)26(37)32-19-13-15-35(16-14-19)27(38)30-18-9-6-4-2-1-3-5-7-10-18/h1-12,17,19H,13-16H2,(H,31,34)(H,32,37)(H,33,36)/q-1. The second-order valence-corrected chi connectivity index (χ2v) is 11.9. The number of rotatable bonds is 6. The first kappa shape index (κ1) is 27.9. The van der Waals surface area contributed by atoms with Crippen molar-refractivity contribution in [2.75, 3.05) is 18.4 Å². The Labute approximate surface area is 240 Å². The number of benzene rings is 1. The Morgan fingerprint density at radius 3 is 2.11 bits per heavy atom. The van der Waals surface area contributed by atoms with Crippen molar-refractivity contribution in [2.45, 2.75) is 18.9 Å². The fourth-order valence-electron chi connectivity index (χ4n) is 3.80. The van der Waals surface area contributed by atoms with E-state index in [0.717, 1.165) is 3.57 Å². The fraction of sp³-hybridized carbons (Fsp3) is 0.185. The van der Waals surface area contributed by atoms with E-state index >= 15 is 0 Å². The number of anilines is 1. The van der Waals surface area contributed by atoms with Gasteiger partial charge in [0.25, 0.3) is 0 Å². The summed E-state index contributed by atoms with van der Waals surface area (Å²) in [4.78, 5) is 40.5. The average molecular weight is 665 g/mol. The van der Waals surface area contributed by atoms with Gasteiger partial charge in [0.2, 0.25) is 0 Å². The van der Waals surface area contributed by atoms with Crippen LogP contribution in [0.15, 0.2) is 79.0 Å². The van der Waals surface area contributed by atoms with Crippen LogP contribution in [0.25, 0.3) is 0 Å². The van der Waals surface area contributed by atoms with E-state index in [1.54, 1.807) is 18.2 Å². The SMILES string of the molecule is O=C(NC1CCN(C(=O)[I-]c2ccccccccc2)CC1)c1[nH]ncc1NC(=O)c1c(Cl)cccc1Cl. The van der Waals surface area contributed by atoms with Crippen molar-refractivity contribution in [2.24, 2.45) is 0 Å². The van der Waals surface area contributed by atoms with Crippen molar-refractivity contribution < 1.29 is 35.6 Å². The van der Waals surface area contributed by atoms with Gasteiger partial charge < -0.3 is 0 Å². The van der Waals surface area contributed by atoms with Crippen LogP contribution in [0.4, 0.5) is 10.5 Å². The van der Waals surface area contributed by atoms with Gasteiger partial charge in [0.1, 0.15) is 0 Å². The molecule has 0 bridgehead atoms. The molecule has 0 atom stereocenters. The molecule has 0 radical (unpaired) electrons. The van der Waals surface area contributed by atoms with E-state index in [-0.39, 0.29) is 36.9 Å². The molecule has 1 saturated heterocycles. The number of amides is 3. The summed E-state index contributed by atoms with van der Waals surface area (Å²) in [6, 6.07) is 22.2. The van der Waals surface area contributed by atoms with Gasteiger partial charge in [0, 0.05) is 0 Å². The zero-order valence-electron chi connectivity index (χ0n) is 20.2. The number of nitrogens with zero attached hydrogens (tertiary/aromatic N) is 2. The Morgan fingerprint density at radius 2 is 1.47 bits per heavy atom. The van der Waals surface area contributed by atoms with Crippen molar-refractivity contribution >= 4 is 44.6 Å². The van der Waals surface area contributed by atoms with Crippen LogP contribution >= 0.6 is 23.2 Å². The predicted molar refractivity (Wildman–Crippen MR) is 143 cm³/mol. The minimum atomic E-state index is -0.843. The van der Waals surface area contributed by atoms with Crippen LogP contribution in [0, 0.1) is 3.57 Å². The second kappa shape index (κ2) is 13.6. The molecule has 8 nitrogen and oxygen atoms in total. The molecule has 3 N–H and O–H groups in total. The number of H-pyrrole nitrogens is 1. The van der Waals surface area contributed by atoms with E-state index in [1.165, 1.54) is 6.20 Å². The molecule has 1 fully saturated rings. The molecule has 38 heavy (non-hydrogen) atoms. The third kappa shape index (κ3) is 7.46. The van der Waals surface area contributed by atoms with Crippen LogP contribution in [0.5, 0.6) is 0 Å². The van der Waals surface area contributed by atoms with Crippen molar-refractivity contribution in [1.29, 1.82) is 0 Å². The maximum atomic E-state index is 12.9. The Hall–Kier alpha value is -3.15. The van der Waals surface area contributed by atoms with E-state index in [9.17, 15) is 14.4 Å². The summed E-state index contributed by atoms with van der Waals surface area (Å²) in [5.41, 5.74) is 0.453. The molecule has 0 saturated carbocycles. The molecule has 2 aromatic carbocycles. The van der Waals surface area contributed by atoms with Gasteiger partial charge in [-0.15, -0.1) is 0 Å². The van der Waals surface area contributed by atoms with Crippen LogP contribution < -0.4 is 31.8 Å². The number of piperidine rings is 1. The van der Waals surface area contributed by atoms with Gasteiger partial charge in [-0.3, -0.25) is 0 Å². The van der Waals surface area contributed by atoms with Gasteiger partial charge >= 0.3 is 190 Å². The second-order valence-electron chi connectivity index (χ2n) is 8.36. The summed E-state index contributed by atoms with van der Waals surface area (Å²) < 4.78 is 1.19. The van der Waals surface area contributed by atoms with Gasteiger partial charge in [0.05, 0.1) is 10.0 Å². The normalized spacial score (nSPS) is 13.5. The zero-order valence-corrected chi connectivity index (χ0v) is 23.8. The monoisotopic (exact) mass is 664 g/mol. The van der Waals surface area contributed by atoms with Gasteiger partial charge in [-0.05, 0) is 12.1 Å². The first-order valence-electron chi connectivity index (χ1n) is 11.8. The maximum absolute atomic E-state index is 12.9. The fourth-order valence-corrected chi connectivity index (χ4v) is 6.50. The van der Waals surface area contributed by atoms with Crippen LogP contribution in [-0.2, 0) is 0 Å². The Balaban J connectivity index is 1.32. The first-order chi connectivity index (χ1) is 18.4. The summed E-state index contributed by atoms with van der Waals surface area (Å²) in [5.74, 6) is -0.944. The van der Waals surface area contributed by atoms with E-state index in [2.05, 4.69) is 20.8 Å². The molecule has 11 heteroatoms. The minimum Gasteiger partial charge on any atom is -0.0834 e. The van der Waals surface area contributed by atoms with Crippen molar-refractivity contribution in [3.63, 3.8) is 0 Å². The molecule has 1 aliphatic heterocycles. The molecule has 2 heterocycles. The molecule has 0 spiro atoms. The first-order valence-corrected chi connectivity index (χ1v) is 14.8. The number of hydrogen-bond acceptors (Lipinski definition) is 4. The molecule has 3 amide bonds. The molecule has 0 aliphatic carbocycles. The van der Waals surface area contributed by atoms with Gasteiger partial charge in [-0.2, -0.15) is 0 Å². The van der Waals surface area contributed by atoms with E-state index in [1.807, 2.05) is 59.5 Å². The van der Waals surface area contributed by atoms with Gasteiger partial charge in [0.15, 0.2) is 0 Å². The van der Waals surface area contributed by atoms with Crippen LogP contribution in [0.3, 0.4) is 0 Å². The Morgan fingerprint density at radius 1 is 0.868 bits per heavy atom. The quantitative estimate of drug-likeness (QED) is 0.214. The summed E-state index contributed by atoms with van der Waals surface area (Å²) in [5, 5.41) is 12.6. The smallest absolute Gasteiger partial charge is 0.0834 e. The average Bonchev–Trinajstić information content (AvgIpc) is 3.36. The number of halogens is 3. The molecule has 0 unspecified atom stereocenters. The van der Waals surface area contributed by atoms with Crippen molar-refractivity contribution in [1.82, 2.24) is 20.4 Å². The number of hydrogen-bond donors (Lipinski definition) is 3. The molecular formula is C27H25Cl2IN5O3-. The van der Waals surface area contributed by atoms with Crippen LogP contribution in [0.2, 0.25) is 10.0 Å². The van der Waals surface area contributed by atoms with Crippen LogP contribution in [-0.4, -0.2) is 50.0 Å². The summed E-state index contributed by atoms with van der Waals surface area (Å²) >= 11 is 11.4. The molecule has 3 aromatic rings. The van der Waals surface area contributed by atoms with Gasteiger partial charge in [-0.1, -0.05) is 29.3 Å². The summed E-state index contributed by atoms with van der Waals surface area (Å²) in [7, 11) is 0. The van der Waals surface area contributed by atoms with Gasteiger partial charge in [-0.25, -0.2) is 0 Å². The number of aromatic nitrogens is 2. The number of likely N-dealkylation sites (tertiary alicyclic amines) is 1. The number of carbonyl (C=O) groups is 3. The number of aromatic amines is 1. The molecule has 1 aliphatic rings. The van der Waals surface area contributed by atoms with E-state index in [4.69, 9.17) is 23.2 Å². The predicted octanol–water partition coefficient (Wildman–Crippen LogP) is 2.37. The molecular weight excluding hydrogens is 640 g/mol. The summed E-state index contributed by atoms with van der Waals surface area (Å²) in [6.45, 7) is 1.13. The summed E-state index contributed by atoms with van der Waals surface area (Å²) in [6.07, 6.45) is 2.62. The molecule has 1 aromatic heterocycles.